The molecule has 2 heterocycles. The average molecular weight is 540 g/mol. The second-order valence-electron chi connectivity index (χ2n) is 10.3. The predicted octanol–water partition coefficient (Wildman–Crippen LogP) is 9.83. The molecule has 0 radical (unpaired) electrons. The number of hydrogen-bond acceptors (Lipinski definition) is 3. The number of hydrogen-bond donors (Lipinski definition) is 0. The van der Waals surface area contributed by atoms with Gasteiger partial charge in [-0.3, -0.25) is 4.57 Å². The Kier molecular flexibility index (Phi) is 5.75. The molecule has 0 atom stereocenters. The first-order valence-corrected chi connectivity index (χ1v) is 14.0. The minimum atomic E-state index is 0.787. The zero-order valence-electron chi connectivity index (χ0n) is 22.7. The molecule has 0 aliphatic heterocycles. The third-order valence-electron chi connectivity index (χ3n) is 7.76. The van der Waals surface area contributed by atoms with E-state index in [4.69, 9.17) is 14.6 Å². The summed E-state index contributed by atoms with van der Waals surface area (Å²) in [6, 6.07) is 52.2. The van der Waals surface area contributed by atoms with Gasteiger partial charge < -0.3 is 4.42 Å². The van der Waals surface area contributed by atoms with Gasteiger partial charge in [0.05, 0.1) is 0 Å². The molecular weight excluding hydrogens is 514 g/mol. The van der Waals surface area contributed by atoms with Crippen molar-refractivity contribution in [1.29, 1.82) is 0 Å². The smallest absolute Gasteiger partial charge is 0.168 e. The summed E-state index contributed by atoms with van der Waals surface area (Å²) in [6.07, 6.45) is 0. The summed E-state index contributed by atoms with van der Waals surface area (Å²) in [6.45, 7) is 0. The molecule has 0 saturated carbocycles. The van der Waals surface area contributed by atoms with Crippen LogP contribution in [0, 0.1) is 0 Å². The van der Waals surface area contributed by atoms with Crippen LogP contribution in [-0.4, -0.2) is 14.8 Å². The summed E-state index contributed by atoms with van der Waals surface area (Å²) in [5.74, 6) is 1.58. The molecule has 8 rings (SSSR count). The van der Waals surface area contributed by atoms with Crippen molar-refractivity contribution in [2.45, 2.75) is 0 Å². The van der Waals surface area contributed by atoms with Gasteiger partial charge in [0.2, 0.25) is 0 Å². The van der Waals surface area contributed by atoms with Crippen molar-refractivity contribution < 1.29 is 4.42 Å². The first-order chi connectivity index (χ1) is 20.8. The Morgan fingerprint density at radius 1 is 0.429 bits per heavy atom. The highest BCUT2D eigenvalue weighted by Crippen LogP contribution is 2.37. The van der Waals surface area contributed by atoms with Crippen LogP contribution in [0.25, 0.3) is 72.7 Å². The summed E-state index contributed by atoms with van der Waals surface area (Å²) in [5, 5.41) is 11.7. The maximum absolute atomic E-state index is 6.30. The van der Waals surface area contributed by atoms with Gasteiger partial charge in [-0.15, -0.1) is 10.2 Å². The van der Waals surface area contributed by atoms with Crippen molar-refractivity contribution in [3.63, 3.8) is 0 Å². The molecular formula is C38H25N3O. The fourth-order valence-electron chi connectivity index (χ4n) is 5.72. The van der Waals surface area contributed by atoms with Crippen molar-refractivity contribution >= 4 is 21.9 Å². The van der Waals surface area contributed by atoms with E-state index in [1.807, 2.05) is 42.5 Å². The third kappa shape index (κ3) is 4.09. The fourth-order valence-corrected chi connectivity index (χ4v) is 5.72. The number of furan rings is 1. The monoisotopic (exact) mass is 539 g/mol. The number of rotatable bonds is 5. The minimum absolute atomic E-state index is 0.787. The predicted molar refractivity (Wildman–Crippen MR) is 170 cm³/mol. The normalized spacial score (nSPS) is 11.3. The summed E-state index contributed by atoms with van der Waals surface area (Å²) in [4.78, 5) is 0. The van der Waals surface area contributed by atoms with E-state index in [0.29, 0.717) is 0 Å². The van der Waals surface area contributed by atoms with Crippen molar-refractivity contribution in [3.8, 4) is 50.7 Å². The summed E-state index contributed by atoms with van der Waals surface area (Å²) >= 11 is 0. The molecule has 4 nitrogen and oxygen atoms in total. The second kappa shape index (κ2) is 10.0. The summed E-state index contributed by atoms with van der Waals surface area (Å²) in [7, 11) is 0. The SMILES string of the molecule is c1ccc(-c2cccc(-c3nnc(-c4ccc(-c5cccc6c5oc5ccccc56)cc4)n3-c3ccccc3)c2)cc1. The largest absolute Gasteiger partial charge is 0.455 e. The van der Waals surface area contributed by atoms with Crippen molar-refractivity contribution in [2.24, 2.45) is 0 Å². The number of fused-ring (bicyclic) bond motifs is 3. The highest BCUT2D eigenvalue weighted by molar-refractivity contribution is 6.09. The van der Waals surface area contributed by atoms with Crippen LogP contribution in [0.2, 0.25) is 0 Å². The van der Waals surface area contributed by atoms with Crippen LogP contribution in [0.4, 0.5) is 0 Å². The van der Waals surface area contributed by atoms with Gasteiger partial charge in [0.15, 0.2) is 11.6 Å². The lowest BCUT2D eigenvalue weighted by molar-refractivity contribution is 0.670. The lowest BCUT2D eigenvalue weighted by Gasteiger charge is -2.12. The molecule has 0 N–H and O–H groups in total. The molecule has 0 amide bonds. The van der Waals surface area contributed by atoms with Crippen LogP contribution in [-0.2, 0) is 0 Å². The van der Waals surface area contributed by atoms with Gasteiger partial charge in [-0.05, 0) is 41.0 Å². The molecule has 8 aromatic rings. The van der Waals surface area contributed by atoms with Crippen molar-refractivity contribution in [3.05, 3.63) is 152 Å². The van der Waals surface area contributed by atoms with E-state index in [0.717, 1.165) is 67.1 Å². The third-order valence-corrected chi connectivity index (χ3v) is 7.76. The van der Waals surface area contributed by atoms with Crippen molar-refractivity contribution in [2.75, 3.05) is 0 Å². The van der Waals surface area contributed by atoms with Crippen LogP contribution >= 0.6 is 0 Å². The van der Waals surface area contributed by atoms with Gasteiger partial charge in [-0.1, -0.05) is 127 Å². The van der Waals surface area contributed by atoms with Gasteiger partial charge in [0, 0.05) is 33.2 Å². The van der Waals surface area contributed by atoms with E-state index >= 15 is 0 Å². The van der Waals surface area contributed by atoms with Crippen LogP contribution in [0.3, 0.4) is 0 Å². The Morgan fingerprint density at radius 3 is 1.83 bits per heavy atom. The molecule has 2 aromatic heterocycles. The fraction of sp³-hybridized carbons (Fsp3) is 0. The molecule has 0 fully saturated rings. The van der Waals surface area contributed by atoms with Gasteiger partial charge in [0.25, 0.3) is 0 Å². The minimum Gasteiger partial charge on any atom is -0.455 e. The van der Waals surface area contributed by atoms with E-state index in [9.17, 15) is 0 Å². The lowest BCUT2D eigenvalue weighted by atomic mass is 10.0. The Balaban J connectivity index is 1.23. The van der Waals surface area contributed by atoms with Crippen LogP contribution in [0.15, 0.2) is 156 Å². The van der Waals surface area contributed by atoms with E-state index in [1.54, 1.807) is 0 Å². The van der Waals surface area contributed by atoms with Gasteiger partial charge in [-0.2, -0.15) is 0 Å². The molecule has 0 bridgehead atoms. The van der Waals surface area contributed by atoms with Crippen molar-refractivity contribution in [1.82, 2.24) is 14.8 Å². The Labute approximate surface area is 243 Å². The van der Waals surface area contributed by atoms with Crippen LogP contribution in [0.1, 0.15) is 0 Å². The second-order valence-corrected chi connectivity index (χ2v) is 10.3. The molecule has 0 aliphatic carbocycles. The lowest BCUT2D eigenvalue weighted by Crippen LogP contribution is -2.00. The molecule has 198 valence electrons. The van der Waals surface area contributed by atoms with Crippen LogP contribution in [0.5, 0.6) is 0 Å². The zero-order valence-corrected chi connectivity index (χ0v) is 22.7. The van der Waals surface area contributed by atoms with Gasteiger partial charge in [0.1, 0.15) is 11.2 Å². The Morgan fingerprint density at radius 2 is 1.02 bits per heavy atom. The Hall–Kier alpha value is -5.74. The van der Waals surface area contributed by atoms with E-state index in [1.165, 1.54) is 5.56 Å². The van der Waals surface area contributed by atoms with E-state index in [2.05, 4.69) is 114 Å². The zero-order chi connectivity index (χ0) is 27.9. The molecule has 0 spiro atoms. The first-order valence-electron chi connectivity index (χ1n) is 14.0. The quantitative estimate of drug-likeness (QED) is 0.219. The maximum Gasteiger partial charge on any atom is 0.168 e. The molecule has 42 heavy (non-hydrogen) atoms. The number of aromatic nitrogens is 3. The van der Waals surface area contributed by atoms with E-state index in [-0.39, 0.29) is 0 Å². The number of nitrogens with zero attached hydrogens (tertiary/aromatic N) is 3. The average Bonchev–Trinajstić information content (AvgIpc) is 3.68. The maximum atomic E-state index is 6.30. The Bertz CT molecular complexity index is 2180. The first kappa shape index (κ1) is 24.1. The highest BCUT2D eigenvalue weighted by Gasteiger charge is 2.18. The number of para-hydroxylation sites is 3. The summed E-state index contributed by atoms with van der Waals surface area (Å²) < 4.78 is 8.44. The number of benzene rings is 6. The van der Waals surface area contributed by atoms with Gasteiger partial charge >= 0.3 is 0 Å². The van der Waals surface area contributed by atoms with Crippen LogP contribution < -0.4 is 0 Å². The molecule has 0 aliphatic rings. The molecule has 4 heteroatoms. The standard InChI is InChI=1S/C38H25N3O/c1-3-11-26(12-4-1)29-13-9-14-30(25-29)38-40-39-37(41(38)31-15-5-2-6-16-31)28-23-21-27(22-24-28)32-18-10-19-34-33-17-7-8-20-35(33)42-36(32)34/h1-25H. The summed E-state index contributed by atoms with van der Waals surface area (Å²) in [5.41, 5.74) is 9.26. The molecule has 0 saturated heterocycles. The van der Waals surface area contributed by atoms with E-state index < -0.39 is 0 Å². The van der Waals surface area contributed by atoms with Gasteiger partial charge in [-0.25, -0.2) is 0 Å². The topological polar surface area (TPSA) is 43.9 Å². The molecule has 6 aromatic carbocycles. The molecule has 0 unspecified atom stereocenters. The highest BCUT2D eigenvalue weighted by atomic mass is 16.3.